The van der Waals surface area contributed by atoms with Gasteiger partial charge in [-0.25, -0.2) is 4.98 Å². The average molecular weight is 458 g/mol. The first-order valence-corrected chi connectivity index (χ1v) is 11.6. The lowest BCUT2D eigenvalue weighted by atomic mass is 10.1. The summed E-state index contributed by atoms with van der Waals surface area (Å²) in [6.07, 6.45) is 0.756. The van der Waals surface area contributed by atoms with Crippen LogP contribution in [0.1, 0.15) is 26.6 Å². The van der Waals surface area contributed by atoms with Crippen molar-refractivity contribution in [3.63, 3.8) is 0 Å². The van der Waals surface area contributed by atoms with Gasteiger partial charge in [0.05, 0.1) is 16.1 Å². The summed E-state index contributed by atoms with van der Waals surface area (Å²) in [5.74, 6) is 7.05. The molecule has 1 N–H and O–H groups in total. The van der Waals surface area contributed by atoms with Crippen LogP contribution in [0.25, 0.3) is 11.4 Å². The molecular formula is C26H20ClN3OS. The molecule has 0 atom stereocenters. The van der Waals surface area contributed by atoms with Gasteiger partial charge in [-0.05, 0) is 48.5 Å². The number of hydrogen-bond donors (Lipinski definition) is 1. The van der Waals surface area contributed by atoms with Crippen LogP contribution in [-0.4, -0.2) is 21.4 Å². The number of aromatic nitrogens is 2. The molecule has 6 heteroatoms. The topological polar surface area (TPSA) is 49.0 Å². The lowest BCUT2D eigenvalue weighted by Gasteiger charge is -2.27. The zero-order chi connectivity index (χ0) is 21.9. The first kappa shape index (κ1) is 20.7. The molecule has 0 spiro atoms. The van der Waals surface area contributed by atoms with Gasteiger partial charge in [-0.15, -0.1) is 11.3 Å². The van der Waals surface area contributed by atoms with E-state index in [-0.39, 0.29) is 5.56 Å². The summed E-state index contributed by atoms with van der Waals surface area (Å²) in [7, 11) is 0. The number of hydrogen-bond acceptors (Lipinski definition) is 4. The Hall–Kier alpha value is -3.17. The lowest BCUT2D eigenvalue weighted by Crippen LogP contribution is -2.35. The van der Waals surface area contributed by atoms with Crippen molar-refractivity contribution in [1.82, 2.24) is 14.9 Å². The molecule has 32 heavy (non-hydrogen) atoms. The zero-order valence-electron chi connectivity index (χ0n) is 17.3. The summed E-state index contributed by atoms with van der Waals surface area (Å²) >= 11 is 7.68. The average Bonchev–Trinajstić information content (AvgIpc) is 3.26. The predicted octanol–water partition coefficient (Wildman–Crippen LogP) is 5.11. The summed E-state index contributed by atoms with van der Waals surface area (Å²) < 4.78 is 0. The van der Waals surface area contributed by atoms with Gasteiger partial charge in [0.2, 0.25) is 0 Å². The van der Waals surface area contributed by atoms with Gasteiger partial charge >= 0.3 is 0 Å². The first-order valence-electron chi connectivity index (χ1n) is 10.4. The molecule has 2 aromatic heterocycles. The standard InChI is InChI=1S/C26H20ClN3OS/c27-20-9-7-19(8-10-20)25-28-24-14-15-30(17-23(24)26(31)29-25)16-22-13-12-21(32-22)11-6-18-4-2-1-3-5-18/h1-5,7-10,12-13H,14-17H2,(H,28,29,31). The fourth-order valence-corrected chi connectivity index (χ4v) is 4.80. The Labute approximate surface area is 195 Å². The number of thiophene rings is 1. The molecular weight excluding hydrogens is 438 g/mol. The number of aromatic amines is 1. The van der Waals surface area contributed by atoms with E-state index in [0.29, 0.717) is 17.4 Å². The monoisotopic (exact) mass is 457 g/mol. The van der Waals surface area contributed by atoms with Crippen molar-refractivity contribution in [2.24, 2.45) is 0 Å². The van der Waals surface area contributed by atoms with E-state index < -0.39 is 0 Å². The highest BCUT2D eigenvalue weighted by atomic mass is 35.5. The van der Waals surface area contributed by atoms with Crippen LogP contribution in [0.5, 0.6) is 0 Å². The Bertz CT molecular complexity index is 1360. The third-order valence-corrected chi connectivity index (χ3v) is 6.65. The highest BCUT2D eigenvalue weighted by molar-refractivity contribution is 7.12. The largest absolute Gasteiger partial charge is 0.306 e. The van der Waals surface area contributed by atoms with Gasteiger partial charge < -0.3 is 4.98 Å². The van der Waals surface area contributed by atoms with Crippen molar-refractivity contribution in [2.45, 2.75) is 19.5 Å². The van der Waals surface area contributed by atoms with E-state index in [1.807, 2.05) is 42.5 Å². The van der Waals surface area contributed by atoms with Gasteiger partial charge in [0.15, 0.2) is 0 Å². The molecule has 4 aromatic rings. The molecule has 0 amide bonds. The van der Waals surface area contributed by atoms with Crippen molar-refractivity contribution in [1.29, 1.82) is 0 Å². The van der Waals surface area contributed by atoms with Crippen LogP contribution in [0.3, 0.4) is 0 Å². The number of H-pyrrole nitrogens is 1. The minimum atomic E-state index is -0.0646. The zero-order valence-corrected chi connectivity index (χ0v) is 18.8. The van der Waals surface area contributed by atoms with Crippen LogP contribution in [0.2, 0.25) is 5.02 Å². The summed E-state index contributed by atoms with van der Waals surface area (Å²) in [5.41, 5.74) is 3.45. The molecule has 0 saturated heterocycles. The van der Waals surface area contributed by atoms with Crippen LogP contribution >= 0.6 is 22.9 Å². The maximum absolute atomic E-state index is 12.8. The van der Waals surface area contributed by atoms with Crippen molar-refractivity contribution >= 4 is 22.9 Å². The first-order chi connectivity index (χ1) is 15.6. The number of rotatable bonds is 3. The van der Waals surface area contributed by atoms with Crippen molar-refractivity contribution in [2.75, 3.05) is 6.54 Å². The van der Waals surface area contributed by atoms with Gasteiger partial charge in [-0.3, -0.25) is 9.69 Å². The highest BCUT2D eigenvalue weighted by Gasteiger charge is 2.22. The van der Waals surface area contributed by atoms with Crippen LogP contribution in [0, 0.1) is 11.8 Å². The number of nitrogens with one attached hydrogen (secondary N) is 1. The van der Waals surface area contributed by atoms with Gasteiger partial charge in [0.25, 0.3) is 5.56 Å². The minimum Gasteiger partial charge on any atom is -0.306 e. The fourth-order valence-electron chi connectivity index (χ4n) is 3.77. The van der Waals surface area contributed by atoms with Crippen molar-refractivity contribution in [3.8, 4) is 23.2 Å². The second kappa shape index (κ2) is 9.13. The van der Waals surface area contributed by atoms with E-state index in [1.165, 1.54) is 4.88 Å². The van der Waals surface area contributed by atoms with Crippen molar-refractivity contribution < 1.29 is 0 Å². The van der Waals surface area contributed by atoms with Gasteiger partial charge in [-0.2, -0.15) is 0 Å². The van der Waals surface area contributed by atoms with Crippen molar-refractivity contribution in [3.05, 3.63) is 109 Å². The molecule has 3 heterocycles. The predicted molar refractivity (Wildman–Crippen MR) is 130 cm³/mol. The molecule has 4 nitrogen and oxygen atoms in total. The van der Waals surface area contributed by atoms with Crippen LogP contribution in [0.15, 0.2) is 71.5 Å². The molecule has 0 fully saturated rings. The smallest absolute Gasteiger partial charge is 0.255 e. The highest BCUT2D eigenvalue weighted by Crippen LogP contribution is 2.23. The molecule has 1 aliphatic heterocycles. The second-order valence-corrected chi connectivity index (χ2v) is 9.29. The van der Waals surface area contributed by atoms with Gasteiger partial charge in [0, 0.05) is 47.1 Å². The molecule has 2 aromatic carbocycles. The number of nitrogens with zero attached hydrogens (tertiary/aromatic N) is 2. The van der Waals surface area contributed by atoms with Crippen LogP contribution in [-0.2, 0) is 19.5 Å². The molecule has 5 rings (SSSR count). The van der Waals surface area contributed by atoms with E-state index in [9.17, 15) is 4.79 Å². The number of fused-ring (bicyclic) bond motifs is 1. The van der Waals surface area contributed by atoms with E-state index in [0.717, 1.165) is 46.8 Å². The second-order valence-electron chi connectivity index (χ2n) is 7.69. The maximum atomic E-state index is 12.8. The third kappa shape index (κ3) is 4.68. The maximum Gasteiger partial charge on any atom is 0.255 e. The molecule has 0 unspecified atom stereocenters. The SMILES string of the molecule is O=c1[nH]c(-c2ccc(Cl)cc2)nc2c1CN(Cc1ccc(C#Cc3ccccc3)s1)CC2. The Kier molecular flexibility index (Phi) is 5.91. The van der Waals surface area contributed by atoms with E-state index >= 15 is 0 Å². The van der Waals surface area contributed by atoms with E-state index in [1.54, 1.807) is 23.5 Å². The molecule has 0 radical (unpaired) electrons. The molecule has 0 saturated carbocycles. The van der Waals surface area contributed by atoms with E-state index in [2.05, 4.69) is 33.9 Å². The summed E-state index contributed by atoms with van der Waals surface area (Å²) in [6, 6.07) is 21.5. The van der Waals surface area contributed by atoms with E-state index in [4.69, 9.17) is 16.6 Å². The Balaban J connectivity index is 1.29. The Morgan fingerprint density at radius 1 is 1.03 bits per heavy atom. The normalized spacial score (nSPS) is 13.3. The lowest BCUT2D eigenvalue weighted by molar-refractivity contribution is 0.244. The van der Waals surface area contributed by atoms with Crippen LogP contribution in [0.4, 0.5) is 0 Å². The summed E-state index contributed by atoms with van der Waals surface area (Å²) in [5, 5.41) is 0.660. The number of benzene rings is 2. The molecule has 0 bridgehead atoms. The third-order valence-electron chi connectivity index (χ3n) is 5.41. The van der Waals surface area contributed by atoms with Crippen LogP contribution < -0.4 is 5.56 Å². The Morgan fingerprint density at radius 2 is 1.84 bits per heavy atom. The minimum absolute atomic E-state index is 0.0646. The quantitative estimate of drug-likeness (QED) is 0.435. The molecule has 0 aliphatic carbocycles. The summed E-state index contributed by atoms with van der Waals surface area (Å²) in [6.45, 7) is 2.27. The number of halogens is 1. The Morgan fingerprint density at radius 3 is 2.66 bits per heavy atom. The molecule has 1 aliphatic rings. The fraction of sp³-hybridized carbons (Fsp3) is 0.154. The summed E-state index contributed by atoms with van der Waals surface area (Å²) in [4.78, 5) is 25.0. The van der Waals surface area contributed by atoms with Gasteiger partial charge in [0.1, 0.15) is 5.82 Å². The van der Waals surface area contributed by atoms with Gasteiger partial charge in [-0.1, -0.05) is 41.6 Å². The molecule has 158 valence electrons.